The van der Waals surface area contributed by atoms with Crippen molar-refractivity contribution >= 4 is 34.7 Å². The summed E-state index contributed by atoms with van der Waals surface area (Å²) in [7, 11) is 0. The zero-order chi connectivity index (χ0) is 29.4. The molecule has 0 aromatic heterocycles. The lowest BCUT2D eigenvalue weighted by molar-refractivity contribution is -0.111. The van der Waals surface area contributed by atoms with Crippen LogP contribution in [0.15, 0.2) is 114 Å². The summed E-state index contributed by atoms with van der Waals surface area (Å²) in [6, 6.07) is 33.1. The molecule has 1 aliphatic rings. The number of hydrogen-bond donors (Lipinski definition) is 3. The Labute approximate surface area is 243 Å². The smallest absolute Gasteiger partial charge is 0.335 e. The van der Waals surface area contributed by atoms with Gasteiger partial charge in [0.1, 0.15) is 5.75 Å². The van der Waals surface area contributed by atoms with Crippen LogP contribution in [0.5, 0.6) is 5.75 Å². The molecule has 1 heterocycles. The van der Waals surface area contributed by atoms with Crippen molar-refractivity contribution in [2.24, 2.45) is 5.10 Å². The second-order valence-electron chi connectivity index (χ2n) is 10.2. The van der Waals surface area contributed by atoms with Gasteiger partial charge in [0.05, 0.1) is 16.9 Å². The molecule has 0 fully saturated rings. The van der Waals surface area contributed by atoms with Gasteiger partial charge >= 0.3 is 5.97 Å². The Morgan fingerprint density at radius 3 is 2.26 bits per heavy atom. The second-order valence-corrected chi connectivity index (χ2v) is 10.2. The first-order valence-electron chi connectivity index (χ1n) is 13.4. The highest BCUT2D eigenvalue weighted by Gasteiger charge is 2.36. The first-order valence-corrected chi connectivity index (χ1v) is 13.4. The molecule has 0 saturated carbocycles. The maximum Gasteiger partial charge on any atom is 0.335 e. The van der Waals surface area contributed by atoms with Gasteiger partial charge in [0.15, 0.2) is 5.71 Å². The Morgan fingerprint density at radius 1 is 0.738 bits per heavy atom. The number of nitrogens with one attached hydrogen (secondary N) is 1. The molecule has 0 bridgehead atoms. The first kappa shape index (κ1) is 26.5. The van der Waals surface area contributed by atoms with Gasteiger partial charge in [0.25, 0.3) is 5.91 Å². The maximum absolute atomic E-state index is 13.9. The van der Waals surface area contributed by atoms with E-state index in [0.29, 0.717) is 22.4 Å². The summed E-state index contributed by atoms with van der Waals surface area (Å²) >= 11 is 0. The van der Waals surface area contributed by atoms with Crippen LogP contribution < -0.4 is 10.3 Å². The fourth-order valence-electron chi connectivity index (χ4n) is 5.09. The molecule has 0 unspecified atom stereocenters. The van der Waals surface area contributed by atoms with Crippen LogP contribution in [-0.4, -0.2) is 27.8 Å². The molecule has 0 radical (unpaired) electrons. The minimum absolute atomic E-state index is 0.111. The molecule has 0 aliphatic carbocycles. The molecule has 1 aliphatic heterocycles. The number of amides is 1. The number of carbonyl (C=O) groups is 2. The number of anilines is 3. The number of hydrogen-bond acceptors (Lipinski definition) is 5. The number of rotatable bonds is 6. The summed E-state index contributed by atoms with van der Waals surface area (Å²) in [5.74, 6) is -1.46. The van der Waals surface area contributed by atoms with E-state index in [2.05, 4.69) is 10.5 Å². The van der Waals surface area contributed by atoms with E-state index < -0.39 is 5.97 Å². The van der Waals surface area contributed by atoms with E-state index in [1.807, 2.05) is 80.6 Å². The third-order valence-corrected chi connectivity index (χ3v) is 7.50. The monoisotopic (exact) mass is 553 g/mol. The van der Waals surface area contributed by atoms with Gasteiger partial charge in [-0.3, -0.25) is 15.1 Å². The summed E-state index contributed by atoms with van der Waals surface area (Å²) < 4.78 is 0. The predicted molar refractivity (Wildman–Crippen MR) is 166 cm³/mol. The highest BCUT2D eigenvalue weighted by molar-refractivity contribution is 6.55. The number of benzene rings is 5. The van der Waals surface area contributed by atoms with Crippen molar-refractivity contribution in [3.8, 4) is 28.0 Å². The van der Waals surface area contributed by atoms with Crippen LogP contribution in [0.2, 0.25) is 0 Å². The molecule has 206 valence electrons. The summed E-state index contributed by atoms with van der Waals surface area (Å²) in [6.45, 7) is 4.04. The largest absolute Gasteiger partial charge is 0.505 e. The number of aromatic carboxylic acids is 1. The Hall–Kier alpha value is -5.69. The zero-order valence-electron chi connectivity index (χ0n) is 23.0. The molecule has 1 amide bonds. The molecule has 5 aromatic rings. The van der Waals surface area contributed by atoms with Gasteiger partial charge in [0, 0.05) is 16.8 Å². The number of nitrogens with zero attached hydrogens (tertiary/aromatic N) is 2. The van der Waals surface area contributed by atoms with Crippen molar-refractivity contribution in [2.75, 3.05) is 10.3 Å². The van der Waals surface area contributed by atoms with Crippen molar-refractivity contribution in [3.63, 3.8) is 0 Å². The predicted octanol–water partition coefficient (Wildman–Crippen LogP) is 7.54. The third-order valence-electron chi connectivity index (χ3n) is 7.50. The summed E-state index contributed by atoms with van der Waals surface area (Å²) in [6.07, 6.45) is 0. The highest BCUT2D eigenvalue weighted by atomic mass is 16.4. The molecular weight excluding hydrogens is 526 g/mol. The van der Waals surface area contributed by atoms with Crippen LogP contribution in [0.25, 0.3) is 22.3 Å². The molecule has 5 aromatic carbocycles. The van der Waals surface area contributed by atoms with Gasteiger partial charge in [-0.1, -0.05) is 66.7 Å². The number of phenolic OH excluding ortho intramolecular Hbond substituents is 1. The van der Waals surface area contributed by atoms with Gasteiger partial charge in [-0.05, 0) is 84.1 Å². The number of carbonyl (C=O) groups excluding carboxylic acids is 1. The van der Waals surface area contributed by atoms with Gasteiger partial charge < -0.3 is 10.2 Å². The SMILES string of the molecule is Cc1ccc(N2C(=O)/C(=N\Nc3cccc(-c4cccc(C(=O)O)c4)c3O)c3ccc(-c4ccccc4)cc32)cc1C. The Balaban J connectivity index is 1.41. The van der Waals surface area contributed by atoms with Gasteiger partial charge in [-0.25, -0.2) is 4.79 Å². The number of hydrazone groups is 1. The Kier molecular flexibility index (Phi) is 6.76. The molecule has 42 heavy (non-hydrogen) atoms. The Morgan fingerprint density at radius 2 is 1.50 bits per heavy atom. The lowest BCUT2D eigenvalue weighted by Gasteiger charge is -2.19. The van der Waals surface area contributed by atoms with E-state index in [0.717, 1.165) is 27.9 Å². The van der Waals surface area contributed by atoms with Crippen molar-refractivity contribution in [3.05, 3.63) is 131 Å². The Bertz CT molecular complexity index is 1900. The standard InChI is InChI=1S/C35H27N3O4/c1-21-14-16-27(18-22(21)2)38-31-20-24(23-8-4-3-5-9-23)15-17-29(31)32(34(38)40)37-36-30-13-7-12-28(33(30)39)25-10-6-11-26(19-25)35(41)42/h3-20,36,39H,1-2H3,(H,41,42)/b37-32-. The summed E-state index contributed by atoms with van der Waals surface area (Å²) in [5, 5.41) is 25.0. The number of fused-ring (bicyclic) bond motifs is 1. The summed E-state index contributed by atoms with van der Waals surface area (Å²) in [4.78, 5) is 27.1. The number of aryl methyl sites for hydroxylation is 2. The van der Waals surface area contributed by atoms with Crippen molar-refractivity contribution in [1.82, 2.24) is 0 Å². The fourth-order valence-corrected chi connectivity index (χ4v) is 5.09. The van der Waals surface area contributed by atoms with Crippen LogP contribution in [0.3, 0.4) is 0 Å². The van der Waals surface area contributed by atoms with Crippen molar-refractivity contribution in [2.45, 2.75) is 13.8 Å². The molecule has 3 N–H and O–H groups in total. The summed E-state index contributed by atoms with van der Waals surface area (Å²) in [5.41, 5.74) is 10.8. The van der Waals surface area contributed by atoms with E-state index >= 15 is 0 Å². The fraction of sp³-hybridized carbons (Fsp3) is 0.0571. The average Bonchev–Trinajstić information content (AvgIpc) is 3.28. The molecule has 0 spiro atoms. The molecular formula is C35H27N3O4. The van der Waals surface area contributed by atoms with Gasteiger partial charge in [-0.15, -0.1) is 0 Å². The van der Waals surface area contributed by atoms with E-state index in [1.165, 1.54) is 12.1 Å². The lowest BCUT2D eigenvalue weighted by atomic mass is 10.0. The molecule has 0 atom stereocenters. The van der Waals surface area contributed by atoms with Gasteiger partial charge in [0.2, 0.25) is 0 Å². The van der Waals surface area contributed by atoms with Crippen LogP contribution >= 0.6 is 0 Å². The number of carboxylic acids is 1. The quantitative estimate of drug-likeness (QED) is 0.149. The maximum atomic E-state index is 13.9. The van der Waals surface area contributed by atoms with Gasteiger partial charge in [-0.2, -0.15) is 5.10 Å². The molecule has 0 saturated heterocycles. The lowest BCUT2D eigenvalue weighted by Crippen LogP contribution is -2.26. The minimum atomic E-state index is -1.06. The second kappa shape index (κ2) is 10.7. The van der Waals surface area contributed by atoms with E-state index in [4.69, 9.17) is 0 Å². The van der Waals surface area contributed by atoms with Crippen molar-refractivity contribution < 1.29 is 19.8 Å². The van der Waals surface area contributed by atoms with E-state index in [1.54, 1.807) is 35.2 Å². The number of phenols is 1. The van der Waals surface area contributed by atoms with Crippen LogP contribution in [0.4, 0.5) is 17.1 Å². The molecule has 7 nitrogen and oxygen atoms in total. The average molecular weight is 554 g/mol. The third kappa shape index (κ3) is 4.77. The topological polar surface area (TPSA) is 102 Å². The first-order chi connectivity index (χ1) is 20.3. The van der Waals surface area contributed by atoms with Crippen LogP contribution in [-0.2, 0) is 4.79 Å². The number of aromatic hydroxyl groups is 1. The van der Waals surface area contributed by atoms with E-state index in [-0.39, 0.29) is 28.6 Å². The normalized spacial score (nSPS) is 13.3. The highest BCUT2D eigenvalue weighted by Crippen LogP contribution is 2.40. The number of para-hydroxylation sites is 1. The van der Waals surface area contributed by atoms with E-state index in [9.17, 15) is 19.8 Å². The van der Waals surface area contributed by atoms with Crippen molar-refractivity contribution in [1.29, 1.82) is 0 Å². The van der Waals surface area contributed by atoms with Crippen LogP contribution in [0.1, 0.15) is 27.0 Å². The number of carboxylic acid groups (broad SMARTS) is 1. The molecule has 7 heteroatoms. The van der Waals surface area contributed by atoms with Crippen LogP contribution in [0, 0.1) is 13.8 Å². The minimum Gasteiger partial charge on any atom is -0.505 e. The zero-order valence-corrected chi connectivity index (χ0v) is 23.0. The molecule has 6 rings (SSSR count).